The quantitative estimate of drug-likeness (QED) is 0.752. The molecule has 0 aliphatic heterocycles. The van der Waals surface area contributed by atoms with E-state index in [1.807, 2.05) is 38.1 Å². The zero-order chi connectivity index (χ0) is 16.9. The molecule has 3 rings (SSSR count). The Morgan fingerprint density at radius 1 is 1.25 bits per heavy atom. The number of aromatic nitrogens is 4. The van der Waals surface area contributed by atoms with Gasteiger partial charge in [-0.25, -0.2) is 4.52 Å². The molecule has 2 aromatic heterocycles. The predicted octanol–water partition coefficient (Wildman–Crippen LogP) is 2.40. The van der Waals surface area contributed by atoms with Gasteiger partial charge in [-0.15, -0.1) is 5.10 Å². The number of fused-ring (bicyclic) bond motifs is 1. The van der Waals surface area contributed by atoms with Crippen molar-refractivity contribution in [2.24, 2.45) is 0 Å². The Morgan fingerprint density at radius 3 is 2.75 bits per heavy atom. The molecule has 7 nitrogen and oxygen atoms in total. The van der Waals surface area contributed by atoms with Crippen LogP contribution in [0.3, 0.4) is 0 Å². The van der Waals surface area contributed by atoms with Gasteiger partial charge >= 0.3 is 0 Å². The highest BCUT2D eigenvalue weighted by Crippen LogP contribution is 2.21. The van der Waals surface area contributed by atoms with Gasteiger partial charge in [-0.3, -0.25) is 4.79 Å². The maximum atomic E-state index is 12.5. The van der Waals surface area contributed by atoms with Crippen LogP contribution in [0.4, 0.5) is 0 Å². The minimum atomic E-state index is -0.152. The summed E-state index contributed by atoms with van der Waals surface area (Å²) in [5.74, 6) is 0.674. The summed E-state index contributed by atoms with van der Waals surface area (Å²) in [7, 11) is 0. The second kappa shape index (κ2) is 7.08. The van der Waals surface area contributed by atoms with E-state index < -0.39 is 0 Å². The van der Waals surface area contributed by atoms with Crippen molar-refractivity contribution in [3.8, 4) is 5.75 Å². The third kappa shape index (κ3) is 3.34. The Bertz CT molecular complexity index is 828. The van der Waals surface area contributed by atoms with Crippen molar-refractivity contribution >= 4 is 11.6 Å². The van der Waals surface area contributed by atoms with E-state index in [1.54, 1.807) is 18.3 Å². The highest BCUT2D eigenvalue weighted by molar-refractivity contribution is 5.95. The summed E-state index contributed by atoms with van der Waals surface area (Å²) in [4.78, 5) is 12.5. The maximum absolute atomic E-state index is 12.5. The van der Waals surface area contributed by atoms with Crippen LogP contribution in [0.1, 0.15) is 42.2 Å². The Labute approximate surface area is 139 Å². The maximum Gasteiger partial charge on any atom is 0.251 e. The fourth-order valence-electron chi connectivity index (χ4n) is 2.51. The molecule has 0 aliphatic carbocycles. The summed E-state index contributed by atoms with van der Waals surface area (Å²) in [6.45, 7) is 4.62. The highest BCUT2D eigenvalue weighted by atomic mass is 16.5. The first-order chi connectivity index (χ1) is 11.7. The van der Waals surface area contributed by atoms with Gasteiger partial charge in [0.25, 0.3) is 5.91 Å². The lowest BCUT2D eigenvalue weighted by molar-refractivity contribution is 0.0935. The van der Waals surface area contributed by atoms with Crippen molar-refractivity contribution in [3.05, 3.63) is 53.7 Å². The van der Waals surface area contributed by atoms with Gasteiger partial charge in [-0.2, -0.15) is 0 Å². The molecule has 7 heteroatoms. The molecule has 0 fully saturated rings. The number of tetrazole rings is 1. The van der Waals surface area contributed by atoms with Crippen molar-refractivity contribution in [1.29, 1.82) is 0 Å². The monoisotopic (exact) mass is 325 g/mol. The van der Waals surface area contributed by atoms with Crippen LogP contribution in [0.15, 0.2) is 42.6 Å². The summed E-state index contributed by atoms with van der Waals surface area (Å²) < 4.78 is 6.96. The molecule has 0 unspecified atom stereocenters. The summed E-state index contributed by atoms with van der Waals surface area (Å²) in [5.41, 5.74) is 2.11. The first-order valence-corrected chi connectivity index (χ1v) is 7.92. The molecule has 0 bridgehead atoms. The van der Waals surface area contributed by atoms with E-state index >= 15 is 0 Å². The smallest absolute Gasteiger partial charge is 0.251 e. The Balaban J connectivity index is 1.75. The van der Waals surface area contributed by atoms with E-state index in [4.69, 9.17) is 4.74 Å². The molecule has 0 saturated carbocycles. The SMILES string of the molecule is CCOc1ccc([C@@H](CC)NC(=O)c2ccn3nnnc3c2)cc1. The average molecular weight is 325 g/mol. The molecule has 3 aromatic rings. The molecule has 0 spiro atoms. The third-order valence-electron chi connectivity index (χ3n) is 3.77. The fraction of sp³-hybridized carbons (Fsp3) is 0.294. The number of amides is 1. The number of ether oxygens (including phenoxy) is 1. The van der Waals surface area contributed by atoms with E-state index in [0.717, 1.165) is 17.7 Å². The van der Waals surface area contributed by atoms with Crippen molar-refractivity contribution < 1.29 is 9.53 Å². The lowest BCUT2D eigenvalue weighted by Crippen LogP contribution is -2.28. The molecule has 2 heterocycles. The number of nitrogens with one attached hydrogen (secondary N) is 1. The second-order valence-electron chi connectivity index (χ2n) is 5.33. The van der Waals surface area contributed by atoms with Crippen LogP contribution in [-0.2, 0) is 0 Å². The first kappa shape index (κ1) is 15.9. The summed E-state index contributed by atoms with van der Waals surface area (Å²) in [5, 5.41) is 14.3. The minimum Gasteiger partial charge on any atom is -0.494 e. The van der Waals surface area contributed by atoms with Gasteiger partial charge in [-0.1, -0.05) is 19.1 Å². The zero-order valence-electron chi connectivity index (χ0n) is 13.6. The Morgan fingerprint density at radius 2 is 2.04 bits per heavy atom. The van der Waals surface area contributed by atoms with Crippen LogP contribution in [0.2, 0.25) is 0 Å². The zero-order valence-corrected chi connectivity index (χ0v) is 13.6. The van der Waals surface area contributed by atoms with Crippen LogP contribution >= 0.6 is 0 Å². The largest absolute Gasteiger partial charge is 0.494 e. The van der Waals surface area contributed by atoms with Gasteiger partial charge < -0.3 is 10.1 Å². The number of nitrogens with zero attached hydrogens (tertiary/aromatic N) is 4. The first-order valence-electron chi connectivity index (χ1n) is 7.92. The van der Waals surface area contributed by atoms with Gasteiger partial charge in [0.15, 0.2) is 5.65 Å². The number of carbonyl (C=O) groups is 1. The number of carbonyl (C=O) groups excluding carboxylic acids is 1. The topological polar surface area (TPSA) is 81.4 Å². The number of hydrogen-bond acceptors (Lipinski definition) is 5. The summed E-state index contributed by atoms with van der Waals surface area (Å²) >= 11 is 0. The lowest BCUT2D eigenvalue weighted by atomic mass is 10.0. The molecule has 0 aliphatic rings. The third-order valence-corrected chi connectivity index (χ3v) is 3.77. The summed E-state index contributed by atoms with van der Waals surface area (Å²) in [6, 6.07) is 11.1. The van der Waals surface area contributed by atoms with Gasteiger partial charge in [0, 0.05) is 11.8 Å². The van der Waals surface area contributed by atoms with E-state index in [2.05, 4.69) is 20.8 Å². The molecular weight excluding hydrogens is 306 g/mol. The van der Waals surface area contributed by atoms with Gasteiger partial charge in [0.05, 0.1) is 12.6 Å². The Hall–Kier alpha value is -2.96. The highest BCUT2D eigenvalue weighted by Gasteiger charge is 2.15. The van der Waals surface area contributed by atoms with Crippen LogP contribution in [0, 0.1) is 0 Å². The van der Waals surface area contributed by atoms with E-state index in [1.165, 1.54) is 4.52 Å². The lowest BCUT2D eigenvalue weighted by Gasteiger charge is -2.18. The van der Waals surface area contributed by atoms with E-state index in [0.29, 0.717) is 17.8 Å². The van der Waals surface area contributed by atoms with Crippen LogP contribution in [0.5, 0.6) is 5.75 Å². The average Bonchev–Trinajstić information content (AvgIpc) is 3.08. The van der Waals surface area contributed by atoms with E-state index in [-0.39, 0.29) is 11.9 Å². The van der Waals surface area contributed by atoms with E-state index in [9.17, 15) is 4.79 Å². The van der Waals surface area contributed by atoms with Crippen molar-refractivity contribution in [2.45, 2.75) is 26.3 Å². The van der Waals surface area contributed by atoms with Gasteiger partial charge in [0.2, 0.25) is 0 Å². The molecule has 1 atom stereocenters. The second-order valence-corrected chi connectivity index (χ2v) is 5.33. The van der Waals surface area contributed by atoms with Crippen molar-refractivity contribution in [1.82, 2.24) is 25.4 Å². The van der Waals surface area contributed by atoms with Gasteiger partial charge in [-0.05, 0) is 53.6 Å². The number of rotatable bonds is 6. The normalized spacial score (nSPS) is 12.1. The number of pyridine rings is 1. The predicted molar refractivity (Wildman–Crippen MR) is 88.9 cm³/mol. The van der Waals surface area contributed by atoms with Crippen LogP contribution in [-0.4, -0.2) is 32.6 Å². The molecule has 124 valence electrons. The summed E-state index contributed by atoms with van der Waals surface area (Å²) in [6.07, 6.45) is 2.45. The molecule has 0 saturated heterocycles. The van der Waals surface area contributed by atoms with Gasteiger partial charge in [0.1, 0.15) is 5.75 Å². The molecule has 1 aromatic carbocycles. The number of hydrogen-bond donors (Lipinski definition) is 1. The molecule has 0 radical (unpaired) electrons. The van der Waals surface area contributed by atoms with Crippen molar-refractivity contribution in [3.63, 3.8) is 0 Å². The van der Waals surface area contributed by atoms with Crippen LogP contribution < -0.4 is 10.1 Å². The van der Waals surface area contributed by atoms with Crippen LogP contribution in [0.25, 0.3) is 5.65 Å². The standard InChI is InChI=1S/C17H19N5O2/c1-3-15(12-5-7-14(8-6-12)24-4-2)18-17(23)13-9-10-22-16(11-13)19-20-21-22/h5-11,15H,3-4H2,1-2H3,(H,18,23)/t15-/m1/s1. The minimum absolute atomic E-state index is 0.0691. The molecule has 24 heavy (non-hydrogen) atoms. The van der Waals surface area contributed by atoms with Crippen molar-refractivity contribution in [2.75, 3.05) is 6.61 Å². The Kier molecular flexibility index (Phi) is 4.69. The fourth-order valence-corrected chi connectivity index (χ4v) is 2.51. The molecule has 1 N–H and O–H groups in total. The number of benzene rings is 1. The molecule has 1 amide bonds. The molecular formula is C17H19N5O2.